The average Bonchev–Trinajstić information content (AvgIpc) is 2.79. The summed E-state index contributed by atoms with van der Waals surface area (Å²) in [7, 11) is 0. The zero-order chi connectivity index (χ0) is 13.3. The highest BCUT2D eigenvalue weighted by atomic mass is 32.2. The van der Waals surface area contributed by atoms with E-state index in [0.29, 0.717) is 10.9 Å². The fourth-order valence-corrected chi connectivity index (χ4v) is 2.10. The van der Waals surface area contributed by atoms with Crippen molar-refractivity contribution in [2.75, 3.05) is 6.26 Å². The van der Waals surface area contributed by atoms with Crippen LogP contribution in [0.5, 0.6) is 0 Å². The minimum atomic E-state index is -0.323. The Labute approximate surface area is 110 Å². The van der Waals surface area contributed by atoms with E-state index in [-0.39, 0.29) is 11.0 Å². The van der Waals surface area contributed by atoms with E-state index < -0.39 is 0 Å². The number of nitrogens with zero attached hydrogens (tertiary/aromatic N) is 4. The Kier molecular flexibility index (Phi) is 3.30. The van der Waals surface area contributed by atoms with E-state index in [2.05, 4.69) is 10.2 Å². The summed E-state index contributed by atoms with van der Waals surface area (Å²) in [4.78, 5) is 12.5. The van der Waals surface area contributed by atoms with Crippen LogP contribution >= 0.6 is 11.8 Å². The summed E-state index contributed by atoms with van der Waals surface area (Å²) in [5.74, 6) is 0. The van der Waals surface area contributed by atoms with Gasteiger partial charge in [0.2, 0.25) is 5.16 Å². The van der Waals surface area contributed by atoms with Crippen molar-refractivity contribution in [1.82, 2.24) is 19.5 Å². The molecule has 0 aromatic carbocycles. The Hall–Kier alpha value is -1.56. The number of aromatic nitrogens is 4. The topological polar surface area (TPSA) is 52.7 Å². The number of thioether (sulfide) groups is 1. The van der Waals surface area contributed by atoms with Crippen molar-refractivity contribution in [3.05, 3.63) is 40.6 Å². The van der Waals surface area contributed by atoms with Gasteiger partial charge in [-0.25, -0.2) is 0 Å². The molecule has 2 aromatic rings. The highest BCUT2D eigenvalue weighted by molar-refractivity contribution is 7.98. The molecule has 18 heavy (non-hydrogen) atoms. The second-order valence-corrected chi connectivity index (χ2v) is 5.74. The van der Waals surface area contributed by atoms with E-state index in [1.807, 2.05) is 51.6 Å². The summed E-state index contributed by atoms with van der Waals surface area (Å²) in [6.07, 6.45) is 5.50. The van der Waals surface area contributed by atoms with Crippen LogP contribution in [0, 0.1) is 0 Å². The molecule has 0 bridgehead atoms. The molecule has 0 aliphatic rings. The maximum Gasteiger partial charge on any atom is 0.296 e. The minimum absolute atomic E-state index is 0.127. The Morgan fingerprint density at radius 3 is 2.28 bits per heavy atom. The van der Waals surface area contributed by atoms with Crippen LogP contribution in [0.1, 0.15) is 26.5 Å². The standard InChI is InChI=1S/C12H16N4OS/c1-12(2,3)9-10(17)16(11(18-4)14-13-9)15-7-5-6-8-15/h5-8H,1-4H3. The largest absolute Gasteiger partial charge is 0.296 e. The van der Waals surface area contributed by atoms with E-state index in [9.17, 15) is 4.79 Å². The van der Waals surface area contributed by atoms with E-state index in [1.54, 1.807) is 4.68 Å². The van der Waals surface area contributed by atoms with Crippen molar-refractivity contribution in [3.8, 4) is 0 Å². The van der Waals surface area contributed by atoms with Crippen molar-refractivity contribution >= 4 is 11.8 Å². The van der Waals surface area contributed by atoms with Crippen molar-refractivity contribution in [3.63, 3.8) is 0 Å². The van der Waals surface area contributed by atoms with Gasteiger partial charge in [0.25, 0.3) is 5.56 Å². The first-order valence-corrected chi connectivity index (χ1v) is 6.85. The fraction of sp³-hybridized carbons (Fsp3) is 0.417. The molecule has 0 N–H and O–H groups in total. The molecule has 0 atom stereocenters. The molecule has 0 fully saturated rings. The van der Waals surface area contributed by atoms with Crippen LogP contribution in [0.2, 0.25) is 0 Å². The van der Waals surface area contributed by atoms with Gasteiger partial charge in [-0.2, -0.15) is 4.68 Å². The summed E-state index contributed by atoms with van der Waals surface area (Å²) in [5, 5.41) is 8.78. The van der Waals surface area contributed by atoms with Crippen LogP contribution < -0.4 is 5.56 Å². The maximum absolute atomic E-state index is 12.5. The van der Waals surface area contributed by atoms with Gasteiger partial charge in [-0.3, -0.25) is 9.47 Å². The van der Waals surface area contributed by atoms with E-state index in [4.69, 9.17) is 0 Å². The molecule has 0 aliphatic carbocycles. The number of rotatable bonds is 2. The quantitative estimate of drug-likeness (QED) is 0.776. The highest BCUT2D eigenvalue weighted by Gasteiger charge is 2.23. The summed E-state index contributed by atoms with van der Waals surface area (Å²) >= 11 is 1.40. The Bertz CT molecular complexity index is 596. The molecule has 2 heterocycles. The zero-order valence-corrected chi connectivity index (χ0v) is 11.7. The molecule has 0 saturated heterocycles. The lowest BCUT2D eigenvalue weighted by Gasteiger charge is -2.18. The summed E-state index contributed by atoms with van der Waals surface area (Å²) in [6.45, 7) is 5.87. The third kappa shape index (κ3) is 2.20. The molecule has 0 aliphatic heterocycles. The van der Waals surface area contributed by atoms with Gasteiger partial charge < -0.3 is 0 Å². The van der Waals surface area contributed by atoms with Gasteiger partial charge in [0.15, 0.2) is 0 Å². The van der Waals surface area contributed by atoms with Gasteiger partial charge >= 0.3 is 0 Å². The summed E-state index contributed by atoms with van der Waals surface area (Å²) in [5.41, 5.74) is 0.0164. The van der Waals surface area contributed by atoms with Gasteiger partial charge in [-0.15, -0.1) is 10.2 Å². The average molecular weight is 264 g/mol. The Morgan fingerprint density at radius 2 is 1.78 bits per heavy atom. The van der Waals surface area contributed by atoms with Crippen LogP contribution in [0.4, 0.5) is 0 Å². The molecule has 0 unspecified atom stereocenters. The molecular formula is C12H16N4OS. The molecule has 0 amide bonds. The first-order valence-electron chi connectivity index (χ1n) is 5.63. The van der Waals surface area contributed by atoms with E-state index in [0.717, 1.165) is 0 Å². The van der Waals surface area contributed by atoms with Gasteiger partial charge in [0, 0.05) is 17.8 Å². The molecule has 6 heteroatoms. The molecule has 5 nitrogen and oxygen atoms in total. The summed E-state index contributed by atoms with van der Waals surface area (Å²) < 4.78 is 3.26. The second-order valence-electron chi connectivity index (χ2n) is 4.97. The van der Waals surface area contributed by atoms with Gasteiger partial charge in [-0.1, -0.05) is 32.5 Å². The molecule has 0 spiro atoms. The third-order valence-corrected chi connectivity index (χ3v) is 3.14. The van der Waals surface area contributed by atoms with Gasteiger partial charge in [-0.05, 0) is 18.4 Å². The van der Waals surface area contributed by atoms with Crippen LogP contribution in [0.3, 0.4) is 0 Å². The fourth-order valence-electron chi connectivity index (χ4n) is 1.63. The van der Waals surface area contributed by atoms with E-state index >= 15 is 0 Å². The molecule has 96 valence electrons. The molecular weight excluding hydrogens is 248 g/mol. The predicted molar refractivity (Wildman–Crippen MR) is 72.0 cm³/mol. The minimum Gasteiger partial charge on any atom is -0.265 e. The lowest BCUT2D eigenvalue weighted by atomic mass is 9.93. The van der Waals surface area contributed by atoms with Gasteiger partial charge in [0.05, 0.1) is 0 Å². The molecule has 2 rings (SSSR count). The van der Waals surface area contributed by atoms with Crippen LogP contribution in [0.15, 0.2) is 34.5 Å². The lowest BCUT2D eigenvalue weighted by Crippen LogP contribution is -2.36. The highest BCUT2D eigenvalue weighted by Crippen LogP contribution is 2.17. The zero-order valence-electron chi connectivity index (χ0n) is 10.9. The van der Waals surface area contributed by atoms with Crippen molar-refractivity contribution in [1.29, 1.82) is 0 Å². The first-order chi connectivity index (χ1) is 8.45. The summed E-state index contributed by atoms with van der Waals surface area (Å²) in [6, 6.07) is 3.74. The van der Waals surface area contributed by atoms with Crippen molar-refractivity contribution < 1.29 is 0 Å². The molecule has 2 aromatic heterocycles. The van der Waals surface area contributed by atoms with Gasteiger partial charge in [0.1, 0.15) is 5.69 Å². The van der Waals surface area contributed by atoms with Crippen molar-refractivity contribution in [2.24, 2.45) is 0 Å². The van der Waals surface area contributed by atoms with E-state index in [1.165, 1.54) is 16.4 Å². The van der Waals surface area contributed by atoms with Crippen LogP contribution in [-0.4, -0.2) is 25.8 Å². The van der Waals surface area contributed by atoms with Crippen LogP contribution in [-0.2, 0) is 5.41 Å². The second kappa shape index (κ2) is 4.61. The van der Waals surface area contributed by atoms with Crippen molar-refractivity contribution in [2.45, 2.75) is 31.3 Å². The lowest BCUT2D eigenvalue weighted by molar-refractivity contribution is 0.470. The maximum atomic E-state index is 12.5. The monoisotopic (exact) mass is 264 g/mol. The first kappa shape index (κ1) is 12.9. The van der Waals surface area contributed by atoms with Crippen LogP contribution in [0.25, 0.3) is 0 Å². The number of hydrogen-bond acceptors (Lipinski definition) is 4. The normalized spacial score (nSPS) is 11.8. The molecule has 0 saturated carbocycles. The third-order valence-electron chi connectivity index (χ3n) is 2.52. The SMILES string of the molecule is CSc1nnc(C(C)(C)C)c(=O)n1-n1cccc1. The Balaban J connectivity index is 2.74. The molecule has 0 radical (unpaired) electrons. The Morgan fingerprint density at radius 1 is 1.17 bits per heavy atom. The predicted octanol–water partition coefficient (Wildman–Crippen LogP) is 1.77. The number of hydrogen-bond donors (Lipinski definition) is 0. The smallest absolute Gasteiger partial charge is 0.265 e.